The standard InChI is InChI=1S/C29H36N6O.2ClH/c1-24-22-27-30-23-31-35(27)32-29(24)36-21-11-3-2-10-16-33-17-19-34(20-18-33)28(25-12-6-4-7-13-25)26-14-8-5-9-15-26;;/h4-9,12-15,22-23,28H,2-3,10-11,16-21H2,1H3;2*1H. The fourth-order valence-electron chi connectivity index (χ4n) is 5.07. The molecule has 1 aliphatic heterocycles. The van der Waals surface area contributed by atoms with Crippen LogP contribution in [0.5, 0.6) is 5.88 Å². The lowest BCUT2D eigenvalue weighted by molar-refractivity contribution is 0.108. The topological polar surface area (TPSA) is 58.8 Å². The van der Waals surface area contributed by atoms with Gasteiger partial charge in [-0.3, -0.25) is 4.90 Å². The van der Waals surface area contributed by atoms with Gasteiger partial charge in [0.2, 0.25) is 5.88 Å². The van der Waals surface area contributed by atoms with E-state index in [2.05, 4.69) is 85.6 Å². The minimum Gasteiger partial charge on any atom is -0.476 e. The Morgan fingerprint density at radius 1 is 0.816 bits per heavy atom. The maximum Gasteiger partial charge on any atom is 0.236 e. The van der Waals surface area contributed by atoms with Crippen molar-refractivity contribution < 1.29 is 4.74 Å². The summed E-state index contributed by atoms with van der Waals surface area (Å²) < 4.78 is 7.42. The molecule has 2 aromatic carbocycles. The van der Waals surface area contributed by atoms with E-state index in [1.54, 1.807) is 0 Å². The Hall–Kier alpha value is -2.71. The molecule has 0 spiro atoms. The van der Waals surface area contributed by atoms with Gasteiger partial charge < -0.3 is 9.64 Å². The highest BCUT2D eigenvalue weighted by Gasteiger charge is 2.26. The van der Waals surface area contributed by atoms with Crippen LogP contribution in [0.1, 0.15) is 48.4 Å². The second kappa shape index (κ2) is 15.0. The number of rotatable bonds is 11. The zero-order valence-corrected chi connectivity index (χ0v) is 23.6. The summed E-state index contributed by atoms with van der Waals surface area (Å²) in [6.45, 7) is 8.34. The number of fused-ring (bicyclic) bond motifs is 1. The summed E-state index contributed by atoms with van der Waals surface area (Å²) in [7, 11) is 0. The number of nitrogens with zero attached hydrogens (tertiary/aromatic N) is 6. The van der Waals surface area contributed by atoms with E-state index in [1.807, 2.05) is 13.0 Å². The van der Waals surface area contributed by atoms with Crippen molar-refractivity contribution in [1.82, 2.24) is 29.6 Å². The highest BCUT2D eigenvalue weighted by atomic mass is 35.5. The Bertz CT molecular complexity index is 1180. The van der Waals surface area contributed by atoms with E-state index in [9.17, 15) is 0 Å². The maximum absolute atomic E-state index is 5.90. The van der Waals surface area contributed by atoms with Gasteiger partial charge in [0.25, 0.3) is 0 Å². The van der Waals surface area contributed by atoms with Gasteiger partial charge in [-0.25, -0.2) is 4.98 Å². The van der Waals surface area contributed by atoms with Crippen LogP contribution in [0.25, 0.3) is 5.65 Å². The first-order valence-electron chi connectivity index (χ1n) is 13.1. The SMILES string of the molecule is Cc1cc2ncnn2nc1OCCCCCCN1CCN(C(c2ccccc2)c2ccccc2)CC1.Cl.Cl. The van der Waals surface area contributed by atoms with Crippen molar-refractivity contribution in [3.63, 3.8) is 0 Å². The summed E-state index contributed by atoms with van der Waals surface area (Å²) in [5, 5.41) is 8.48. The molecule has 0 aliphatic carbocycles. The lowest BCUT2D eigenvalue weighted by Crippen LogP contribution is -2.48. The number of ether oxygens (including phenoxy) is 1. The van der Waals surface area contributed by atoms with Gasteiger partial charge in [-0.05, 0) is 43.5 Å². The third-order valence-corrected chi connectivity index (χ3v) is 7.03. The molecule has 1 fully saturated rings. The second-order valence-corrected chi connectivity index (χ2v) is 9.60. The molecule has 2 aromatic heterocycles. The molecule has 5 rings (SSSR count). The molecule has 0 saturated carbocycles. The van der Waals surface area contributed by atoms with Gasteiger partial charge in [0.05, 0.1) is 12.6 Å². The van der Waals surface area contributed by atoms with Crippen molar-refractivity contribution in [2.24, 2.45) is 0 Å². The Kier molecular flexibility index (Phi) is 11.8. The third kappa shape index (κ3) is 7.67. The van der Waals surface area contributed by atoms with Crippen LogP contribution in [-0.4, -0.2) is 68.9 Å². The average Bonchev–Trinajstić information content (AvgIpc) is 3.37. The van der Waals surface area contributed by atoms with Crippen LogP contribution in [0.15, 0.2) is 73.1 Å². The molecular formula is C29H38Cl2N6O. The zero-order chi connectivity index (χ0) is 24.6. The van der Waals surface area contributed by atoms with Gasteiger partial charge in [-0.15, -0.1) is 39.6 Å². The first-order valence-corrected chi connectivity index (χ1v) is 13.1. The van der Waals surface area contributed by atoms with E-state index in [4.69, 9.17) is 4.74 Å². The van der Waals surface area contributed by atoms with Crippen molar-refractivity contribution >= 4 is 30.5 Å². The molecule has 0 N–H and O–H groups in total. The van der Waals surface area contributed by atoms with Crippen LogP contribution in [-0.2, 0) is 0 Å². The number of benzene rings is 2. The molecule has 4 aromatic rings. The normalized spacial score (nSPS) is 14.3. The number of aromatic nitrogens is 4. The first-order chi connectivity index (χ1) is 17.8. The predicted molar refractivity (Wildman–Crippen MR) is 157 cm³/mol. The molecule has 9 heteroatoms. The van der Waals surface area contributed by atoms with Gasteiger partial charge in [-0.2, -0.15) is 0 Å². The lowest BCUT2D eigenvalue weighted by atomic mass is 9.96. The third-order valence-electron chi connectivity index (χ3n) is 7.03. The Balaban J connectivity index is 0.00000200. The molecule has 0 radical (unpaired) electrons. The van der Waals surface area contributed by atoms with Crippen LogP contribution in [0.2, 0.25) is 0 Å². The monoisotopic (exact) mass is 556 g/mol. The van der Waals surface area contributed by atoms with Gasteiger partial charge in [0, 0.05) is 31.7 Å². The van der Waals surface area contributed by atoms with E-state index < -0.39 is 0 Å². The molecule has 0 unspecified atom stereocenters. The van der Waals surface area contributed by atoms with Crippen molar-refractivity contribution in [2.45, 2.75) is 38.6 Å². The van der Waals surface area contributed by atoms with Crippen molar-refractivity contribution in [2.75, 3.05) is 39.3 Å². The van der Waals surface area contributed by atoms with Crippen LogP contribution in [0.3, 0.4) is 0 Å². The molecule has 0 amide bonds. The van der Waals surface area contributed by atoms with Crippen molar-refractivity contribution in [3.05, 3.63) is 89.7 Å². The lowest BCUT2D eigenvalue weighted by Gasteiger charge is -2.39. The smallest absolute Gasteiger partial charge is 0.236 e. The first kappa shape index (κ1) is 29.8. The van der Waals surface area contributed by atoms with E-state index in [0.717, 1.165) is 43.8 Å². The molecule has 1 aliphatic rings. The number of hydrogen-bond donors (Lipinski definition) is 0. The summed E-state index contributed by atoms with van der Waals surface area (Å²) in [5.74, 6) is 0.648. The summed E-state index contributed by atoms with van der Waals surface area (Å²) in [5.41, 5.74) is 4.50. The largest absolute Gasteiger partial charge is 0.476 e. The molecule has 0 atom stereocenters. The summed E-state index contributed by atoms with van der Waals surface area (Å²) in [4.78, 5) is 9.43. The quantitative estimate of drug-likeness (QED) is 0.223. The predicted octanol–water partition coefficient (Wildman–Crippen LogP) is 5.62. The Labute approximate surface area is 238 Å². The van der Waals surface area contributed by atoms with Crippen molar-refractivity contribution in [3.8, 4) is 5.88 Å². The molecular weight excluding hydrogens is 519 g/mol. The number of piperazine rings is 1. The van der Waals surface area contributed by atoms with Gasteiger partial charge in [0.15, 0.2) is 5.65 Å². The van der Waals surface area contributed by atoms with E-state index >= 15 is 0 Å². The zero-order valence-electron chi connectivity index (χ0n) is 22.0. The number of hydrogen-bond acceptors (Lipinski definition) is 6. The fourth-order valence-corrected chi connectivity index (χ4v) is 5.07. The fraction of sp³-hybridized carbons (Fsp3) is 0.414. The van der Waals surface area contributed by atoms with Crippen LogP contribution >= 0.6 is 24.8 Å². The summed E-state index contributed by atoms with van der Waals surface area (Å²) in [6.07, 6.45) is 6.20. The van der Waals surface area contributed by atoms with Gasteiger partial charge in [-0.1, -0.05) is 73.5 Å². The minimum atomic E-state index is 0. The van der Waals surface area contributed by atoms with Crippen molar-refractivity contribution in [1.29, 1.82) is 0 Å². The molecule has 1 saturated heterocycles. The van der Waals surface area contributed by atoms with E-state index in [1.165, 1.54) is 47.9 Å². The summed E-state index contributed by atoms with van der Waals surface area (Å²) in [6, 6.07) is 24.1. The van der Waals surface area contributed by atoms with Crippen LogP contribution < -0.4 is 4.74 Å². The Morgan fingerprint density at radius 2 is 1.45 bits per heavy atom. The molecule has 204 valence electrons. The Morgan fingerprint density at radius 3 is 2.11 bits per heavy atom. The highest BCUT2D eigenvalue weighted by molar-refractivity contribution is 5.85. The molecule has 3 heterocycles. The average molecular weight is 558 g/mol. The number of halogens is 2. The number of unbranched alkanes of at least 4 members (excludes halogenated alkanes) is 3. The van der Waals surface area contributed by atoms with Gasteiger partial charge >= 0.3 is 0 Å². The van der Waals surface area contributed by atoms with E-state index in [-0.39, 0.29) is 24.8 Å². The van der Waals surface area contributed by atoms with Gasteiger partial charge in [0.1, 0.15) is 6.33 Å². The molecule has 0 bridgehead atoms. The highest BCUT2D eigenvalue weighted by Crippen LogP contribution is 2.29. The van der Waals surface area contributed by atoms with E-state index in [0.29, 0.717) is 18.5 Å². The minimum absolute atomic E-state index is 0. The van der Waals surface area contributed by atoms with Crippen LogP contribution in [0.4, 0.5) is 0 Å². The molecule has 38 heavy (non-hydrogen) atoms. The van der Waals surface area contributed by atoms with Crippen LogP contribution in [0, 0.1) is 6.92 Å². The maximum atomic E-state index is 5.90. The number of aryl methyl sites for hydroxylation is 1. The molecule has 7 nitrogen and oxygen atoms in total. The summed E-state index contributed by atoms with van der Waals surface area (Å²) >= 11 is 0. The second-order valence-electron chi connectivity index (χ2n) is 9.60.